The van der Waals surface area contributed by atoms with Gasteiger partial charge in [0, 0.05) is 55.5 Å². The summed E-state index contributed by atoms with van der Waals surface area (Å²) in [4.78, 5) is 21.9. The Kier molecular flexibility index (Phi) is 4.45. The number of imidazole rings is 1. The van der Waals surface area contributed by atoms with Gasteiger partial charge >= 0.3 is 0 Å². The highest BCUT2D eigenvalue weighted by molar-refractivity contribution is 5.96. The van der Waals surface area contributed by atoms with Gasteiger partial charge in [-0.05, 0) is 60.4 Å². The molecule has 0 unspecified atom stereocenters. The Labute approximate surface area is 203 Å². The van der Waals surface area contributed by atoms with Crippen molar-refractivity contribution in [3.05, 3.63) is 78.2 Å². The highest BCUT2D eigenvalue weighted by atomic mass is 16.2. The van der Waals surface area contributed by atoms with Crippen molar-refractivity contribution in [1.29, 1.82) is 5.26 Å². The number of amides is 1. The molecule has 0 N–H and O–H groups in total. The van der Waals surface area contributed by atoms with Crippen LogP contribution in [0, 0.1) is 11.3 Å². The summed E-state index contributed by atoms with van der Waals surface area (Å²) in [5.74, 6) is 1.08. The number of hydrogen-bond acceptors (Lipinski definition) is 4. The molecule has 0 bridgehead atoms. The smallest absolute Gasteiger partial charge is 0.241 e. The first-order valence-electron chi connectivity index (χ1n) is 12.1. The fraction of sp³-hybridized carbons (Fsp3) is 0.250. The van der Waals surface area contributed by atoms with Crippen LogP contribution in [0.5, 0.6) is 0 Å². The average molecular weight is 461 g/mol. The zero-order valence-corrected chi connectivity index (χ0v) is 19.3. The number of rotatable bonds is 3. The van der Waals surface area contributed by atoms with Gasteiger partial charge in [0.15, 0.2) is 5.82 Å². The summed E-state index contributed by atoms with van der Waals surface area (Å²) in [5.41, 5.74) is 7.06. The molecule has 7 rings (SSSR count). The second-order valence-electron chi connectivity index (χ2n) is 9.61. The van der Waals surface area contributed by atoms with Crippen LogP contribution in [0.1, 0.15) is 24.0 Å². The van der Waals surface area contributed by atoms with Crippen LogP contribution in [0.15, 0.2) is 67.1 Å². The lowest BCUT2D eigenvalue weighted by Crippen LogP contribution is -2.51. The van der Waals surface area contributed by atoms with Crippen LogP contribution < -0.4 is 4.90 Å². The molecule has 2 fully saturated rings. The van der Waals surface area contributed by atoms with Crippen LogP contribution in [0.25, 0.3) is 28.3 Å². The van der Waals surface area contributed by atoms with Gasteiger partial charge in [0.05, 0.1) is 29.6 Å². The maximum absolute atomic E-state index is 13.0. The number of carbonyl (C=O) groups excluding carboxylic acids is 1. The zero-order chi connectivity index (χ0) is 23.5. The fourth-order valence-corrected chi connectivity index (χ4v) is 5.41. The number of anilines is 1. The predicted octanol–water partition coefficient (Wildman–Crippen LogP) is 4.05. The molecule has 2 aromatic carbocycles. The quantitative estimate of drug-likeness (QED) is 0.407. The van der Waals surface area contributed by atoms with Gasteiger partial charge in [0.1, 0.15) is 0 Å². The van der Waals surface area contributed by atoms with Gasteiger partial charge in [-0.1, -0.05) is 12.1 Å². The molecule has 4 heterocycles. The number of nitriles is 1. The van der Waals surface area contributed by atoms with Crippen LogP contribution in [-0.4, -0.2) is 50.6 Å². The number of nitrogens with zero attached hydrogens (tertiary/aromatic N) is 6. The molecular weight excluding hydrogens is 436 g/mol. The van der Waals surface area contributed by atoms with Gasteiger partial charge < -0.3 is 9.47 Å². The third-order valence-electron chi connectivity index (χ3n) is 7.40. The molecule has 1 saturated heterocycles. The molecule has 2 aromatic heterocycles. The highest BCUT2D eigenvalue weighted by Gasteiger charge is 2.35. The SMILES string of the molecule is N#Cc1ccc(-c2cc3n(c2)Cc2cc(N4CCN(C5CC5)CC4=O)ccc2-n2ccnc2-3)cc1. The van der Waals surface area contributed by atoms with Crippen molar-refractivity contribution >= 4 is 11.6 Å². The minimum atomic E-state index is 0.185. The zero-order valence-electron chi connectivity index (χ0n) is 19.3. The van der Waals surface area contributed by atoms with Crippen LogP contribution in [-0.2, 0) is 11.3 Å². The summed E-state index contributed by atoms with van der Waals surface area (Å²) >= 11 is 0. The van der Waals surface area contributed by atoms with Gasteiger partial charge in [-0.2, -0.15) is 5.26 Å². The van der Waals surface area contributed by atoms with Crippen molar-refractivity contribution in [2.75, 3.05) is 24.5 Å². The Morgan fingerprint density at radius 2 is 1.83 bits per heavy atom. The molecule has 7 heteroatoms. The standard InChI is InChI=1S/C28H24N6O/c29-15-19-1-3-20(4-2-19)21-14-26-28-30-9-10-34(28)25-8-7-24(13-22(25)17-32(26)16-21)33-12-11-31(18-27(33)35)23-5-6-23/h1-4,7-10,13-14,16,23H,5-6,11-12,17-18H2. The minimum Gasteiger partial charge on any atom is -0.340 e. The maximum Gasteiger partial charge on any atom is 0.241 e. The fourth-order valence-electron chi connectivity index (χ4n) is 5.41. The molecular formula is C28H24N6O. The summed E-state index contributed by atoms with van der Waals surface area (Å²) in [7, 11) is 0. The van der Waals surface area contributed by atoms with E-state index in [0.29, 0.717) is 24.7 Å². The summed E-state index contributed by atoms with van der Waals surface area (Å²) in [6.07, 6.45) is 8.43. The second kappa shape index (κ2) is 7.69. The van der Waals surface area contributed by atoms with E-state index in [4.69, 9.17) is 5.26 Å². The van der Waals surface area contributed by atoms with E-state index in [9.17, 15) is 4.79 Å². The molecule has 1 aliphatic carbocycles. The summed E-state index contributed by atoms with van der Waals surface area (Å²) in [6, 6.07) is 19.0. The first-order chi connectivity index (χ1) is 17.2. The molecule has 1 saturated carbocycles. The van der Waals surface area contributed by atoms with Crippen molar-refractivity contribution < 1.29 is 4.79 Å². The lowest BCUT2D eigenvalue weighted by molar-refractivity contribution is -0.121. The predicted molar refractivity (Wildman–Crippen MR) is 133 cm³/mol. The molecule has 7 nitrogen and oxygen atoms in total. The summed E-state index contributed by atoms with van der Waals surface area (Å²) < 4.78 is 4.36. The summed E-state index contributed by atoms with van der Waals surface area (Å²) in [5, 5.41) is 9.12. The molecule has 0 spiro atoms. The van der Waals surface area contributed by atoms with Gasteiger partial charge in [0.2, 0.25) is 5.91 Å². The molecule has 2 aliphatic heterocycles. The van der Waals surface area contributed by atoms with Gasteiger partial charge in [-0.3, -0.25) is 14.3 Å². The molecule has 0 radical (unpaired) electrons. The van der Waals surface area contributed by atoms with Crippen LogP contribution in [0.3, 0.4) is 0 Å². The third kappa shape index (κ3) is 3.37. The van der Waals surface area contributed by atoms with Gasteiger partial charge in [0.25, 0.3) is 0 Å². The Hall–Kier alpha value is -4.15. The first kappa shape index (κ1) is 20.2. The topological polar surface area (TPSA) is 70.1 Å². The highest BCUT2D eigenvalue weighted by Crippen LogP contribution is 2.36. The normalized spacial score (nSPS) is 17.3. The maximum atomic E-state index is 13.0. The van der Waals surface area contributed by atoms with Crippen molar-refractivity contribution in [2.24, 2.45) is 0 Å². The van der Waals surface area contributed by atoms with E-state index in [1.807, 2.05) is 41.6 Å². The van der Waals surface area contributed by atoms with Crippen molar-refractivity contribution in [1.82, 2.24) is 19.0 Å². The minimum absolute atomic E-state index is 0.185. The van der Waals surface area contributed by atoms with Crippen molar-refractivity contribution in [3.63, 3.8) is 0 Å². The number of aromatic nitrogens is 3. The van der Waals surface area contributed by atoms with Crippen LogP contribution in [0.4, 0.5) is 5.69 Å². The van der Waals surface area contributed by atoms with Crippen LogP contribution >= 0.6 is 0 Å². The Bertz CT molecular complexity index is 1500. The monoisotopic (exact) mass is 460 g/mol. The lowest BCUT2D eigenvalue weighted by Gasteiger charge is -2.34. The number of hydrogen-bond donors (Lipinski definition) is 0. The molecule has 0 atom stereocenters. The van der Waals surface area contributed by atoms with E-state index in [2.05, 4.69) is 55.5 Å². The van der Waals surface area contributed by atoms with Crippen LogP contribution in [0.2, 0.25) is 0 Å². The van der Waals surface area contributed by atoms with Crippen molar-refractivity contribution in [2.45, 2.75) is 25.4 Å². The number of carbonyl (C=O) groups is 1. The molecule has 3 aliphatic rings. The van der Waals surface area contributed by atoms with E-state index < -0.39 is 0 Å². The Morgan fingerprint density at radius 1 is 0.971 bits per heavy atom. The second-order valence-corrected chi connectivity index (χ2v) is 9.61. The largest absolute Gasteiger partial charge is 0.340 e. The first-order valence-corrected chi connectivity index (χ1v) is 12.1. The Balaban J connectivity index is 1.26. The van der Waals surface area contributed by atoms with Gasteiger partial charge in [-0.25, -0.2) is 4.98 Å². The molecule has 35 heavy (non-hydrogen) atoms. The van der Waals surface area contributed by atoms with Gasteiger partial charge in [-0.15, -0.1) is 0 Å². The number of fused-ring (bicyclic) bond motifs is 5. The van der Waals surface area contributed by atoms with E-state index in [-0.39, 0.29) is 5.91 Å². The van der Waals surface area contributed by atoms with E-state index in [1.165, 1.54) is 12.8 Å². The third-order valence-corrected chi connectivity index (χ3v) is 7.40. The molecule has 172 valence electrons. The average Bonchev–Trinajstić information content (AvgIpc) is 3.52. The molecule has 4 aromatic rings. The number of benzene rings is 2. The van der Waals surface area contributed by atoms with E-state index in [0.717, 1.165) is 52.7 Å². The Morgan fingerprint density at radius 3 is 2.60 bits per heavy atom. The molecule has 1 amide bonds. The van der Waals surface area contributed by atoms with E-state index >= 15 is 0 Å². The number of piperazine rings is 1. The summed E-state index contributed by atoms with van der Waals surface area (Å²) in [6.45, 7) is 2.88. The lowest BCUT2D eigenvalue weighted by atomic mass is 10.1. The van der Waals surface area contributed by atoms with Crippen molar-refractivity contribution in [3.8, 4) is 34.4 Å². The van der Waals surface area contributed by atoms with E-state index in [1.54, 1.807) is 0 Å².